The van der Waals surface area contributed by atoms with Crippen molar-refractivity contribution in [2.24, 2.45) is 0 Å². The van der Waals surface area contributed by atoms with E-state index in [1.807, 2.05) is 6.07 Å². The van der Waals surface area contributed by atoms with E-state index in [1.165, 1.54) is 27.3 Å². The van der Waals surface area contributed by atoms with Gasteiger partial charge in [0.15, 0.2) is 0 Å². The first-order valence-corrected chi connectivity index (χ1v) is 9.33. The lowest BCUT2D eigenvalue weighted by Crippen LogP contribution is -2.44. The molecule has 6 nitrogen and oxygen atoms in total. The molecule has 0 bridgehead atoms. The largest absolute Gasteiger partial charge is 0.842 e. The number of halogens is 3. The molecule has 0 aliphatic carbocycles. The summed E-state index contributed by atoms with van der Waals surface area (Å²) in [6.45, 7) is 0.254. The zero-order valence-electron chi connectivity index (χ0n) is 16.0. The normalized spacial score (nSPS) is 11.6. The number of aryl methyl sites for hydroxylation is 2. The highest BCUT2D eigenvalue weighted by Crippen LogP contribution is 2.28. The second kappa shape index (κ2) is 8.10. The molecule has 0 aliphatic rings. The summed E-state index contributed by atoms with van der Waals surface area (Å²) >= 11 is 0. The van der Waals surface area contributed by atoms with Gasteiger partial charge in [-0.3, -0.25) is 4.98 Å². The molecule has 0 aliphatic heterocycles. The van der Waals surface area contributed by atoms with Crippen molar-refractivity contribution in [3.8, 4) is 22.8 Å². The summed E-state index contributed by atoms with van der Waals surface area (Å²) in [6, 6.07) is 13.5. The Morgan fingerprint density at radius 2 is 1.94 bits per heavy atom. The molecular formula is C22H16F3N3O3. The average Bonchev–Trinajstić information content (AvgIpc) is 2.74. The number of nitrogens with zero attached hydrogens (tertiary/aromatic N) is 3. The standard InChI is InChI=1S/C22H16F3N3O3/c23-22(24,25)31-17-7-3-6-16(13-17)19-20(29)27-11-2-1-8-18(27)28(21(19)30)12-9-15-5-4-10-26-14-15/h1-8,10-11,13-14H,9,12H2. The zero-order valence-corrected chi connectivity index (χ0v) is 16.0. The van der Waals surface area contributed by atoms with Crippen molar-refractivity contribution >= 4 is 5.65 Å². The molecule has 0 unspecified atom stereocenters. The fourth-order valence-electron chi connectivity index (χ4n) is 3.38. The minimum atomic E-state index is -4.89. The second-order valence-electron chi connectivity index (χ2n) is 6.75. The first-order chi connectivity index (χ1) is 14.8. The number of alkyl halides is 3. The summed E-state index contributed by atoms with van der Waals surface area (Å²) in [4.78, 5) is 17.1. The predicted octanol–water partition coefficient (Wildman–Crippen LogP) is 2.86. The van der Waals surface area contributed by atoms with Crippen molar-refractivity contribution in [3.63, 3.8) is 0 Å². The predicted molar refractivity (Wildman–Crippen MR) is 103 cm³/mol. The van der Waals surface area contributed by atoms with Crippen LogP contribution in [0.3, 0.4) is 0 Å². The van der Waals surface area contributed by atoms with Crippen molar-refractivity contribution in [2.75, 3.05) is 0 Å². The number of hydrogen-bond donors (Lipinski definition) is 0. The molecule has 0 fully saturated rings. The van der Waals surface area contributed by atoms with E-state index in [-0.39, 0.29) is 17.7 Å². The topological polar surface area (TPSA) is 70.5 Å². The van der Waals surface area contributed by atoms with Crippen LogP contribution in [0.15, 0.2) is 78.0 Å². The van der Waals surface area contributed by atoms with E-state index in [0.29, 0.717) is 12.1 Å². The van der Waals surface area contributed by atoms with E-state index in [1.54, 1.807) is 36.7 Å². The fourth-order valence-corrected chi connectivity index (χ4v) is 3.38. The van der Waals surface area contributed by atoms with Crippen LogP contribution in [0.1, 0.15) is 5.56 Å². The van der Waals surface area contributed by atoms with Crippen LogP contribution < -0.4 is 20.0 Å². The van der Waals surface area contributed by atoms with Crippen LogP contribution in [-0.2, 0) is 13.0 Å². The number of ether oxygens (including phenoxy) is 1. The van der Waals surface area contributed by atoms with Gasteiger partial charge in [0.25, 0.3) is 5.65 Å². The van der Waals surface area contributed by atoms with Crippen LogP contribution in [0, 0.1) is 0 Å². The van der Waals surface area contributed by atoms with Crippen LogP contribution >= 0.6 is 0 Å². The van der Waals surface area contributed by atoms with Gasteiger partial charge >= 0.3 is 11.9 Å². The fraction of sp³-hybridized carbons (Fsp3) is 0.136. The third kappa shape index (κ3) is 4.35. The van der Waals surface area contributed by atoms with Crippen LogP contribution in [-0.4, -0.2) is 15.7 Å². The van der Waals surface area contributed by atoms with Gasteiger partial charge in [0, 0.05) is 24.9 Å². The van der Waals surface area contributed by atoms with Crippen molar-refractivity contribution < 1.29 is 27.6 Å². The summed E-state index contributed by atoms with van der Waals surface area (Å²) in [5, 5.41) is 13.3. The maximum absolute atomic E-state index is 13.3. The molecule has 4 rings (SSSR count). The molecular weight excluding hydrogens is 411 g/mol. The summed E-state index contributed by atoms with van der Waals surface area (Å²) in [6.07, 6.45) is 0.424. The summed E-state index contributed by atoms with van der Waals surface area (Å²) in [7, 11) is 0. The highest BCUT2D eigenvalue weighted by atomic mass is 19.4. The third-order valence-corrected chi connectivity index (χ3v) is 4.71. The number of rotatable bonds is 5. The molecule has 0 spiro atoms. The Balaban J connectivity index is 1.85. The molecule has 1 aromatic carbocycles. The van der Waals surface area contributed by atoms with E-state index >= 15 is 0 Å². The summed E-state index contributed by atoms with van der Waals surface area (Å²) in [5.74, 6) is -1.10. The summed E-state index contributed by atoms with van der Waals surface area (Å²) in [5.41, 5.74) is 0.472. The van der Waals surface area contributed by atoms with Gasteiger partial charge in [-0.15, -0.1) is 13.2 Å². The van der Waals surface area contributed by atoms with Crippen molar-refractivity contribution in [1.29, 1.82) is 0 Å². The molecule has 4 aromatic rings. The van der Waals surface area contributed by atoms with E-state index < -0.39 is 23.6 Å². The van der Waals surface area contributed by atoms with Gasteiger partial charge in [-0.25, -0.2) is 9.36 Å². The Labute approximate surface area is 174 Å². The number of benzene rings is 1. The van der Waals surface area contributed by atoms with Gasteiger partial charge in [0.05, 0.1) is 18.6 Å². The second-order valence-corrected chi connectivity index (χ2v) is 6.75. The smallest absolute Gasteiger partial charge is 0.573 e. The number of hydrogen-bond acceptors (Lipinski definition) is 4. The van der Waals surface area contributed by atoms with Crippen molar-refractivity contribution in [3.05, 3.63) is 89.1 Å². The average molecular weight is 427 g/mol. The highest BCUT2D eigenvalue weighted by molar-refractivity contribution is 5.68. The third-order valence-electron chi connectivity index (χ3n) is 4.71. The van der Waals surface area contributed by atoms with Crippen LogP contribution in [0.25, 0.3) is 16.8 Å². The van der Waals surface area contributed by atoms with Gasteiger partial charge in [0.1, 0.15) is 11.3 Å². The number of pyridine rings is 2. The van der Waals surface area contributed by atoms with E-state index in [9.17, 15) is 23.1 Å². The lowest BCUT2D eigenvalue weighted by Gasteiger charge is -2.17. The van der Waals surface area contributed by atoms with Crippen LogP contribution in [0.5, 0.6) is 11.6 Å². The van der Waals surface area contributed by atoms with Gasteiger partial charge in [-0.05, 0) is 35.4 Å². The quantitative estimate of drug-likeness (QED) is 0.460. The molecule has 158 valence electrons. The first kappa shape index (κ1) is 20.4. The Hall–Kier alpha value is -3.88. The van der Waals surface area contributed by atoms with Gasteiger partial charge in [-0.2, -0.15) is 4.40 Å². The molecule has 0 saturated heterocycles. The zero-order chi connectivity index (χ0) is 22.0. The monoisotopic (exact) mass is 427 g/mol. The molecule has 9 heteroatoms. The maximum atomic E-state index is 13.3. The van der Waals surface area contributed by atoms with Gasteiger partial charge in [0.2, 0.25) is 0 Å². The molecule has 3 aromatic heterocycles. The van der Waals surface area contributed by atoms with E-state index in [2.05, 4.69) is 9.72 Å². The molecule has 0 N–H and O–H groups in total. The Kier molecular flexibility index (Phi) is 5.33. The molecule has 0 amide bonds. The number of fused-ring (bicyclic) bond motifs is 1. The minimum absolute atomic E-state index is 0.0464. The molecule has 0 saturated carbocycles. The highest BCUT2D eigenvalue weighted by Gasteiger charge is 2.31. The van der Waals surface area contributed by atoms with Crippen molar-refractivity contribution in [2.45, 2.75) is 19.3 Å². The molecule has 0 atom stereocenters. The molecule has 0 radical (unpaired) electrons. The Bertz CT molecular complexity index is 1290. The minimum Gasteiger partial charge on any atom is -0.842 e. The van der Waals surface area contributed by atoms with Crippen LogP contribution in [0.4, 0.5) is 13.2 Å². The van der Waals surface area contributed by atoms with Crippen molar-refractivity contribution in [1.82, 2.24) is 9.38 Å². The lowest BCUT2D eigenvalue weighted by molar-refractivity contribution is -0.715. The lowest BCUT2D eigenvalue weighted by atomic mass is 10.1. The molecule has 3 heterocycles. The van der Waals surface area contributed by atoms with E-state index in [0.717, 1.165) is 17.7 Å². The van der Waals surface area contributed by atoms with Crippen LogP contribution in [0.2, 0.25) is 0 Å². The SMILES string of the molecule is O=c1c(-c2cccc(OC(F)(F)F)c2)c([O-])[n+](CCc2cccnc2)c2ccccn12. The maximum Gasteiger partial charge on any atom is 0.573 e. The Morgan fingerprint density at radius 3 is 2.68 bits per heavy atom. The summed E-state index contributed by atoms with van der Waals surface area (Å²) < 4.78 is 44.5. The van der Waals surface area contributed by atoms with E-state index in [4.69, 9.17) is 0 Å². The van der Waals surface area contributed by atoms with Gasteiger partial charge < -0.3 is 9.84 Å². The molecule has 31 heavy (non-hydrogen) atoms. The number of aromatic nitrogens is 3. The Morgan fingerprint density at radius 1 is 1.10 bits per heavy atom. The van der Waals surface area contributed by atoms with Gasteiger partial charge in [-0.1, -0.05) is 24.3 Å². The first-order valence-electron chi connectivity index (χ1n) is 9.33.